The third kappa shape index (κ3) is 4.86. The minimum atomic E-state index is -1.15. The number of thioether (sulfide) groups is 1. The normalized spacial score (nSPS) is 12.9. The summed E-state index contributed by atoms with van der Waals surface area (Å²) >= 11 is 1.37. The Morgan fingerprint density at radius 1 is 1.00 bits per heavy atom. The van der Waals surface area contributed by atoms with Crippen molar-refractivity contribution in [1.29, 1.82) is 0 Å². The van der Waals surface area contributed by atoms with E-state index in [0.717, 1.165) is 11.1 Å². The molecule has 4 nitrogen and oxygen atoms in total. The predicted octanol–water partition coefficient (Wildman–Crippen LogP) is 3.17. The first-order valence-electron chi connectivity index (χ1n) is 7.65. The zero-order valence-electron chi connectivity index (χ0n) is 13.8. The summed E-state index contributed by atoms with van der Waals surface area (Å²) in [5.41, 5.74) is 2.03. The lowest BCUT2D eigenvalue weighted by atomic mass is 10.1. The summed E-state index contributed by atoms with van der Waals surface area (Å²) in [6, 6.07) is 19.4. The summed E-state index contributed by atoms with van der Waals surface area (Å²) in [6.45, 7) is 1.41. The highest BCUT2D eigenvalue weighted by Crippen LogP contribution is 2.31. The molecule has 0 spiro atoms. The maximum absolute atomic E-state index is 12.5. The number of nitrogens with one attached hydrogen (secondary N) is 1. The van der Waals surface area contributed by atoms with Crippen molar-refractivity contribution in [3.63, 3.8) is 0 Å². The Morgan fingerprint density at radius 3 is 2.04 bits per heavy atom. The Kier molecular flexibility index (Phi) is 6.44. The van der Waals surface area contributed by atoms with Gasteiger partial charge in [0, 0.05) is 19.1 Å². The first-order valence-corrected chi connectivity index (χ1v) is 8.63. The second-order valence-corrected chi connectivity index (χ2v) is 6.71. The zero-order valence-corrected chi connectivity index (χ0v) is 14.6. The Morgan fingerprint density at radius 2 is 1.54 bits per heavy atom. The molecule has 2 aromatic carbocycles. The van der Waals surface area contributed by atoms with Gasteiger partial charge in [0.1, 0.15) is 0 Å². The molecule has 1 amide bonds. The zero-order chi connectivity index (χ0) is 17.4. The Balaban J connectivity index is 2.29. The summed E-state index contributed by atoms with van der Waals surface area (Å²) in [4.78, 5) is 23.1. The molecule has 126 valence electrons. The van der Waals surface area contributed by atoms with Gasteiger partial charge in [0.05, 0.1) is 7.11 Å². The smallest absolute Gasteiger partial charge is 0.342 e. The highest BCUT2D eigenvalue weighted by molar-refractivity contribution is 8.00. The van der Waals surface area contributed by atoms with Gasteiger partial charge in [-0.25, -0.2) is 4.79 Å². The molecule has 2 aromatic rings. The van der Waals surface area contributed by atoms with E-state index < -0.39 is 10.8 Å². The standard InChI is InChI=1S/C19H21NO3S/c1-15(21)20-19(18(22)23-2,13-16-9-5-3-6-10-16)24-14-17-11-7-4-8-12-17/h3-12H,13-14H2,1-2H3,(H,20,21)/t19-/m1/s1. The second kappa shape index (κ2) is 8.55. The van der Waals surface area contributed by atoms with Gasteiger partial charge in [-0.1, -0.05) is 60.7 Å². The second-order valence-electron chi connectivity index (χ2n) is 5.44. The van der Waals surface area contributed by atoms with E-state index in [1.165, 1.54) is 25.8 Å². The van der Waals surface area contributed by atoms with Crippen LogP contribution in [0.25, 0.3) is 0 Å². The molecule has 0 bridgehead atoms. The van der Waals surface area contributed by atoms with Crippen molar-refractivity contribution in [3.8, 4) is 0 Å². The van der Waals surface area contributed by atoms with Crippen LogP contribution in [0.3, 0.4) is 0 Å². The minimum absolute atomic E-state index is 0.267. The van der Waals surface area contributed by atoms with E-state index in [1.807, 2.05) is 60.7 Å². The topological polar surface area (TPSA) is 55.4 Å². The molecule has 1 atom stereocenters. The number of ether oxygens (including phenoxy) is 1. The van der Waals surface area contributed by atoms with Crippen LogP contribution in [0.4, 0.5) is 0 Å². The lowest BCUT2D eigenvalue weighted by molar-refractivity contribution is -0.146. The first kappa shape index (κ1) is 18.1. The first-order chi connectivity index (χ1) is 11.6. The average molecular weight is 343 g/mol. The van der Waals surface area contributed by atoms with Crippen LogP contribution >= 0.6 is 11.8 Å². The molecule has 0 heterocycles. The Labute approximate surface area is 146 Å². The molecular weight excluding hydrogens is 322 g/mol. The number of esters is 1. The van der Waals surface area contributed by atoms with Gasteiger partial charge in [0.15, 0.2) is 4.87 Å². The van der Waals surface area contributed by atoms with E-state index in [2.05, 4.69) is 5.32 Å². The highest BCUT2D eigenvalue weighted by Gasteiger charge is 2.41. The van der Waals surface area contributed by atoms with E-state index in [4.69, 9.17) is 4.74 Å². The quantitative estimate of drug-likeness (QED) is 0.620. The van der Waals surface area contributed by atoms with Gasteiger partial charge in [0.2, 0.25) is 5.91 Å². The predicted molar refractivity (Wildman–Crippen MR) is 96.4 cm³/mol. The molecule has 0 fully saturated rings. The molecular formula is C19H21NO3S. The van der Waals surface area contributed by atoms with E-state index in [-0.39, 0.29) is 5.91 Å². The average Bonchev–Trinajstić information content (AvgIpc) is 2.60. The lowest BCUT2D eigenvalue weighted by Gasteiger charge is -2.31. The monoisotopic (exact) mass is 343 g/mol. The van der Waals surface area contributed by atoms with Crippen molar-refractivity contribution >= 4 is 23.6 Å². The summed E-state index contributed by atoms with van der Waals surface area (Å²) in [5.74, 6) is -0.136. The minimum Gasteiger partial charge on any atom is -0.467 e. The van der Waals surface area contributed by atoms with Crippen LogP contribution in [0, 0.1) is 0 Å². The van der Waals surface area contributed by atoms with Gasteiger partial charge in [-0.15, -0.1) is 11.8 Å². The summed E-state index contributed by atoms with van der Waals surface area (Å²) < 4.78 is 5.00. The summed E-state index contributed by atoms with van der Waals surface area (Å²) in [6.07, 6.45) is 0.359. The molecule has 0 aliphatic rings. The molecule has 5 heteroatoms. The van der Waals surface area contributed by atoms with E-state index in [0.29, 0.717) is 12.2 Å². The van der Waals surface area contributed by atoms with Crippen LogP contribution in [-0.4, -0.2) is 23.9 Å². The van der Waals surface area contributed by atoms with Crippen molar-refractivity contribution in [2.24, 2.45) is 0 Å². The van der Waals surface area contributed by atoms with Gasteiger partial charge in [-0.05, 0) is 11.1 Å². The maximum Gasteiger partial charge on any atom is 0.342 e. The van der Waals surface area contributed by atoms with E-state index >= 15 is 0 Å². The van der Waals surface area contributed by atoms with Gasteiger partial charge in [-0.2, -0.15) is 0 Å². The van der Waals surface area contributed by atoms with E-state index in [9.17, 15) is 9.59 Å². The van der Waals surface area contributed by atoms with Crippen molar-refractivity contribution in [3.05, 3.63) is 71.8 Å². The molecule has 0 aliphatic heterocycles. The highest BCUT2D eigenvalue weighted by atomic mass is 32.2. The Hall–Kier alpha value is -2.27. The fourth-order valence-corrected chi connectivity index (χ4v) is 3.72. The van der Waals surface area contributed by atoms with Crippen LogP contribution in [0.5, 0.6) is 0 Å². The fraction of sp³-hybridized carbons (Fsp3) is 0.263. The molecule has 0 saturated heterocycles. The van der Waals surface area contributed by atoms with Gasteiger partial charge >= 0.3 is 5.97 Å². The van der Waals surface area contributed by atoms with Crippen molar-refractivity contribution in [1.82, 2.24) is 5.32 Å². The largest absolute Gasteiger partial charge is 0.467 e. The molecule has 0 radical (unpaired) electrons. The third-order valence-corrected chi connectivity index (χ3v) is 4.90. The number of hydrogen-bond acceptors (Lipinski definition) is 4. The molecule has 24 heavy (non-hydrogen) atoms. The number of benzene rings is 2. The number of hydrogen-bond donors (Lipinski definition) is 1. The fourth-order valence-electron chi connectivity index (χ4n) is 2.43. The van der Waals surface area contributed by atoms with Crippen molar-refractivity contribution in [2.45, 2.75) is 24.0 Å². The molecule has 0 unspecified atom stereocenters. The van der Waals surface area contributed by atoms with Crippen molar-refractivity contribution in [2.75, 3.05) is 7.11 Å². The number of carbonyl (C=O) groups is 2. The Bertz CT molecular complexity index is 676. The van der Waals surface area contributed by atoms with Crippen LogP contribution in [0.15, 0.2) is 60.7 Å². The van der Waals surface area contributed by atoms with Crippen LogP contribution in [0.1, 0.15) is 18.1 Å². The molecule has 0 saturated carbocycles. The van der Waals surface area contributed by atoms with E-state index in [1.54, 1.807) is 0 Å². The summed E-state index contributed by atoms with van der Waals surface area (Å²) in [7, 11) is 1.34. The number of amides is 1. The van der Waals surface area contributed by atoms with Gasteiger partial charge in [-0.3, -0.25) is 4.79 Å². The van der Waals surface area contributed by atoms with Gasteiger partial charge in [0.25, 0.3) is 0 Å². The molecule has 0 aromatic heterocycles. The van der Waals surface area contributed by atoms with Gasteiger partial charge < -0.3 is 10.1 Å². The molecule has 1 N–H and O–H groups in total. The SMILES string of the molecule is COC(=O)[C@](Cc1ccccc1)(NC(C)=O)SCc1ccccc1. The van der Waals surface area contributed by atoms with Crippen LogP contribution < -0.4 is 5.32 Å². The number of methoxy groups -OCH3 is 1. The van der Waals surface area contributed by atoms with Crippen LogP contribution in [0.2, 0.25) is 0 Å². The number of rotatable bonds is 7. The molecule has 2 rings (SSSR count). The van der Waals surface area contributed by atoms with Crippen LogP contribution in [-0.2, 0) is 26.5 Å². The van der Waals surface area contributed by atoms with Crippen molar-refractivity contribution < 1.29 is 14.3 Å². The summed E-state index contributed by atoms with van der Waals surface area (Å²) in [5, 5.41) is 2.81. The lowest BCUT2D eigenvalue weighted by Crippen LogP contribution is -2.53. The third-order valence-electron chi connectivity index (χ3n) is 3.52. The maximum atomic E-state index is 12.5. The number of carbonyl (C=O) groups excluding carboxylic acids is 2. The molecule has 0 aliphatic carbocycles.